The number of likely N-dealkylation sites (tertiary alicyclic amines) is 1. The lowest BCUT2D eigenvalue weighted by atomic mass is 9.99. The van der Waals surface area contributed by atoms with Crippen LogP contribution in [0.15, 0.2) is 48.5 Å². The number of carbonyl (C=O) groups is 1. The van der Waals surface area contributed by atoms with Crippen molar-refractivity contribution in [3.05, 3.63) is 54.1 Å². The molecule has 0 aromatic heterocycles. The number of fused-ring (bicyclic) bond motifs is 1. The van der Waals surface area contributed by atoms with Gasteiger partial charge in [0.1, 0.15) is 5.75 Å². The van der Waals surface area contributed by atoms with Gasteiger partial charge < -0.3 is 19.7 Å². The Balaban J connectivity index is 1.43. The van der Waals surface area contributed by atoms with E-state index in [-0.39, 0.29) is 11.6 Å². The molecule has 0 bridgehead atoms. The van der Waals surface area contributed by atoms with E-state index in [1.807, 2.05) is 49.9 Å². The highest BCUT2D eigenvalue weighted by Gasteiger charge is 2.42. The Kier molecular flexibility index (Phi) is 4.79. The Morgan fingerprint density at radius 2 is 1.75 bits per heavy atom. The van der Waals surface area contributed by atoms with Gasteiger partial charge in [-0.25, -0.2) is 4.79 Å². The van der Waals surface area contributed by atoms with Crippen LogP contribution in [0.4, 0.5) is 4.79 Å². The molecule has 2 aromatic rings. The first-order chi connectivity index (χ1) is 13.3. The van der Waals surface area contributed by atoms with Crippen molar-refractivity contribution >= 4 is 6.03 Å². The summed E-state index contributed by atoms with van der Waals surface area (Å²) in [5.74, 6) is 0.262. The number of hydrogen-bond donors (Lipinski definition) is 1. The Morgan fingerprint density at radius 1 is 1.04 bits per heavy atom. The fraction of sp³-hybridized carbons (Fsp3) is 0.435. The van der Waals surface area contributed by atoms with Crippen molar-refractivity contribution in [2.45, 2.75) is 51.5 Å². The topological polar surface area (TPSA) is 50.8 Å². The first-order valence-corrected chi connectivity index (χ1v) is 9.92. The molecule has 1 fully saturated rings. The van der Waals surface area contributed by atoms with Gasteiger partial charge in [-0.2, -0.15) is 0 Å². The summed E-state index contributed by atoms with van der Waals surface area (Å²) >= 11 is 0. The standard InChI is InChI=1S/C23H28N2O3/c1-22(2,3)24-21(26)25-13-11-23(12-14-25)27-16-19-15-18(9-10-20(19)28-23)17-7-5-4-6-8-17/h4-10,15H,11-14,16H2,1-3H3,(H,24,26). The monoisotopic (exact) mass is 380 g/mol. The molecule has 0 saturated carbocycles. The van der Waals surface area contributed by atoms with Crippen molar-refractivity contribution < 1.29 is 14.3 Å². The van der Waals surface area contributed by atoms with Gasteiger partial charge in [0.25, 0.3) is 0 Å². The van der Waals surface area contributed by atoms with Gasteiger partial charge in [0.15, 0.2) is 0 Å². The summed E-state index contributed by atoms with van der Waals surface area (Å²) in [4.78, 5) is 14.2. The maximum Gasteiger partial charge on any atom is 0.317 e. The minimum absolute atomic E-state index is 0.0222. The van der Waals surface area contributed by atoms with E-state index in [0.717, 1.165) is 16.9 Å². The van der Waals surface area contributed by atoms with Crippen LogP contribution in [0.1, 0.15) is 39.2 Å². The van der Waals surface area contributed by atoms with Gasteiger partial charge in [-0.15, -0.1) is 0 Å². The third kappa shape index (κ3) is 3.99. The van der Waals surface area contributed by atoms with Crippen molar-refractivity contribution in [2.24, 2.45) is 0 Å². The largest absolute Gasteiger partial charge is 0.462 e. The van der Waals surface area contributed by atoms with Crippen molar-refractivity contribution in [2.75, 3.05) is 13.1 Å². The number of urea groups is 1. The summed E-state index contributed by atoms with van der Waals surface area (Å²) in [7, 11) is 0. The molecule has 2 aromatic carbocycles. The number of rotatable bonds is 1. The van der Waals surface area contributed by atoms with Gasteiger partial charge in [-0.05, 0) is 44.0 Å². The van der Waals surface area contributed by atoms with Crippen molar-refractivity contribution in [3.8, 4) is 16.9 Å². The third-order valence-corrected chi connectivity index (χ3v) is 5.25. The molecule has 2 amide bonds. The number of ether oxygens (including phenoxy) is 2. The summed E-state index contributed by atoms with van der Waals surface area (Å²) in [5, 5.41) is 3.02. The van der Waals surface area contributed by atoms with Gasteiger partial charge in [0.2, 0.25) is 5.79 Å². The van der Waals surface area contributed by atoms with E-state index in [1.165, 1.54) is 5.56 Å². The Morgan fingerprint density at radius 3 is 2.43 bits per heavy atom. The van der Waals surface area contributed by atoms with Crippen LogP contribution >= 0.6 is 0 Å². The lowest BCUT2D eigenvalue weighted by molar-refractivity contribution is -0.225. The maximum absolute atomic E-state index is 12.4. The SMILES string of the molecule is CC(C)(C)NC(=O)N1CCC2(CC1)OCc1cc(-c3ccccc3)ccc1O2. The van der Waals surface area contributed by atoms with Crippen LogP contribution in [0.25, 0.3) is 11.1 Å². The zero-order chi connectivity index (χ0) is 19.8. The van der Waals surface area contributed by atoms with Crippen LogP contribution in [0.5, 0.6) is 5.75 Å². The fourth-order valence-electron chi connectivity index (χ4n) is 3.74. The van der Waals surface area contributed by atoms with Crippen LogP contribution < -0.4 is 10.1 Å². The molecule has 0 unspecified atom stereocenters. The van der Waals surface area contributed by atoms with E-state index in [9.17, 15) is 4.79 Å². The molecule has 4 rings (SSSR count). The van der Waals surface area contributed by atoms with E-state index < -0.39 is 5.79 Å². The molecule has 0 atom stereocenters. The average Bonchev–Trinajstić information content (AvgIpc) is 2.67. The number of nitrogens with one attached hydrogen (secondary N) is 1. The third-order valence-electron chi connectivity index (χ3n) is 5.25. The van der Waals surface area contributed by atoms with Crippen LogP contribution in [0, 0.1) is 0 Å². The van der Waals surface area contributed by atoms with Crippen LogP contribution in [-0.2, 0) is 11.3 Å². The number of carbonyl (C=O) groups excluding carboxylic acids is 1. The Hall–Kier alpha value is -2.53. The quantitative estimate of drug-likeness (QED) is 0.789. The van der Waals surface area contributed by atoms with Crippen LogP contribution in [0.3, 0.4) is 0 Å². The highest BCUT2D eigenvalue weighted by molar-refractivity contribution is 5.75. The molecule has 0 aliphatic carbocycles. The lowest BCUT2D eigenvalue weighted by Gasteiger charge is -2.44. The summed E-state index contributed by atoms with van der Waals surface area (Å²) in [5.41, 5.74) is 3.18. The summed E-state index contributed by atoms with van der Waals surface area (Å²) < 4.78 is 12.5. The molecule has 2 heterocycles. The van der Waals surface area contributed by atoms with Crippen LogP contribution in [-0.4, -0.2) is 35.3 Å². The van der Waals surface area contributed by atoms with Crippen LogP contribution in [0.2, 0.25) is 0 Å². The molecule has 28 heavy (non-hydrogen) atoms. The van der Waals surface area contributed by atoms with E-state index in [4.69, 9.17) is 9.47 Å². The molecule has 5 nitrogen and oxygen atoms in total. The molecule has 1 spiro atoms. The predicted octanol–water partition coefficient (Wildman–Crippen LogP) is 4.56. The highest BCUT2D eigenvalue weighted by atomic mass is 16.7. The van der Waals surface area contributed by atoms with Gasteiger partial charge in [-0.1, -0.05) is 36.4 Å². The van der Waals surface area contributed by atoms with E-state index in [1.54, 1.807) is 0 Å². The molecule has 2 aliphatic rings. The van der Waals surface area contributed by atoms with E-state index in [0.29, 0.717) is 32.5 Å². The molecule has 0 radical (unpaired) electrons. The number of nitrogens with zero attached hydrogens (tertiary/aromatic N) is 1. The molecular formula is C23H28N2O3. The van der Waals surface area contributed by atoms with Gasteiger partial charge >= 0.3 is 6.03 Å². The number of benzene rings is 2. The molecule has 148 valence electrons. The predicted molar refractivity (Wildman–Crippen MR) is 109 cm³/mol. The second kappa shape index (κ2) is 7.13. The number of hydrogen-bond acceptors (Lipinski definition) is 3. The number of amides is 2. The lowest BCUT2D eigenvalue weighted by Crippen LogP contribution is -2.56. The minimum Gasteiger partial charge on any atom is -0.462 e. The van der Waals surface area contributed by atoms with Gasteiger partial charge in [-0.3, -0.25) is 0 Å². The van der Waals surface area contributed by atoms with Crippen molar-refractivity contribution in [1.29, 1.82) is 0 Å². The van der Waals surface area contributed by atoms with E-state index in [2.05, 4.69) is 29.6 Å². The second-order valence-corrected chi connectivity index (χ2v) is 8.66. The zero-order valence-electron chi connectivity index (χ0n) is 16.8. The normalized spacial score (nSPS) is 18.3. The summed E-state index contributed by atoms with van der Waals surface area (Å²) in [6.07, 6.45) is 1.34. The first kappa shape index (κ1) is 18.8. The summed E-state index contributed by atoms with van der Waals surface area (Å²) in [6, 6.07) is 16.6. The molecule has 2 aliphatic heterocycles. The highest BCUT2D eigenvalue weighted by Crippen LogP contribution is 2.39. The number of piperidine rings is 1. The van der Waals surface area contributed by atoms with Gasteiger partial charge in [0.05, 0.1) is 6.61 Å². The molecular weight excluding hydrogens is 352 g/mol. The first-order valence-electron chi connectivity index (χ1n) is 9.92. The second-order valence-electron chi connectivity index (χ2n) is 8.66. The van der Waals surface area contributed by atoms with E-state index >= 15 is 0 Å². The maximum atomic E-state index is 12.4. The summed E-state index contributed by atoms with van der Waals surface area (Å²) in [6.45, 7) is 7.75. The Bertz CT molecular complexity index is 850. The van der Waals surface area contributed by atoms with Crippen molar-refractivity contribution in [1.82, 2.24) is 10.2 Å². The Labute approximate surface area is 166 Å². The zero-order valence-corrected chi connectivity index (χ0v) is 16.8. The smallest absolute Gasteiger partial charge is 0.317 e. The van der Waals surface area contributed by atoms with Gasteiger partial charge in [0, 0.05) is 37.0 Å². The fourth-order valence-corrected chi connectivity index (χ4v) is 3.74. The molecule has 5 heteroatoms. The average molecular weight is 380 g/mol. The van der Waals surface area contributed by atoms with Crippen molar-refractivity contribution in [3.63, 3.8) is 0 Å². The molecule has 1 saturated heterocycles. The minimum atomic E-state index is -0.625. The molecule has 1 N–H and O–H groups in total.